The van der Waals surface area contributed by atoms with E-state index in [4.69, 9.17) is 0 Å². The van der Waals surface area contributed by atoms with E-state index in [1.165, 1.54) is 6.07 Å². The molecule has 92 valence electrons. The van der Waals surface area contributed by atoms with E-state index >= 15 is 0 Å². The van der Waals surface area contributed by atoms with E-state index in [0.29, 0.717) is 16.7 Å². The predicted octanol–water partition coefficient (Wildman–Crippen LogP) is 2.62. The number of phenols is 1. The Morgan fingerprint density at radius 2 is 1.72 bits per heavy atom. The molecule has 0 heterocycles. The van der Waals surface area contributed by atoms with E-state index in [0.717, 1.165) is 0 Å². The molecule has 3 nitrogen and oxygen atoms in total. The van der Waals surface area contributed by atoms with Gasteiger partial charge in [-0.05, 0) is 18.6 Å². The van der Waals surface area contributed by atoms with Gasteiger partial charge >= 0.3 is 0 Å². The molecule has 0 aliphatic carbocycles. The van der Waals surface area contributed by atoms with Gasteiger partial charge in [-0.25, -0.2) is 0 Å². The fourth-order valence-electron chi connectivity index (χ4n) is 1.82. The topological polar surface area (TPSA) is 57.5 Å². The second-order valence-corrected chi connectivity index (χ2v) is 4.13. The number of aliphatic hydroxyl groups excluding tert-OH is 1. The van der Waals surface area contributed by atoms with Crippen LogP contribution in [0, 0.1) is 6.92 Å². The van der Waals surface area contributed by atoms with Gasteiger partial charge in [0.25, 0.3) is 0 Å². The van der Waals surface area contributed by atoms with Crippen LogP contribution in [-0.2, 0) is 0 Å². The molecule has 2 aromatic carbocycles. The molecule has 0 saturated carbocycles. The molecule has 0 spiro atoms. The van der Waals surface area contributed by atoms with E-state index in [1.54, 1.807) is 43.3 Å². The van der Waals surface area contributed by atoms with Gasteiger partial charge in [0.15, 0.2) is 5.78 Å². The summed E-state index contributed by atoms with van der Waals surface area (Å²) in [4.78, 5) is 12.2. The van der Waals surface area contributed by atoms with E-state index in [1.807, 2.05) is 6.07 Å². The molecule has 0 radical (unpaired) electrons. The molecule has 1 atom stereocenters. The minimum atomic E-state index is -1.20. The Morgan fingerprint density at radius 1 is 1.06 bits per heavy atom. The Labute approximate surface area is 105 Å². The van der Waals surface area contributed by atoms with Crippen LogP contribution in [0.3, 0.4) is 0 Å². The summed E-state index contributed by atoms with van der Waals surface area (Å²) in [6.45, 7) is 1.65. The Balaban J connectivity index is 2.35. The summed E-state index contributed by atoms with van der Waals surface area (Å²) in [5, 5.41) is 19.6. The molecule has 0 aliphatic rings. The lowest BCUT2D eigenvalue weighted by atomic mass is 9.96. The number of carbonyl (C=O) groups is 1. The van der Waals surface area contributed by atoms with Crippen molar-refractivity contribution >= 4 is 5.78 Å². The highest BCUT2D eigenvalue weighted by molar-refractivity contribution is 6.01. The number of carbonyl (C=O) groups excluding carboxylic acids is 1. The fourth-order valence-corrected chi connectivity index (χ4v) is 1.82. The summed E-state index contributed by atoms with van der Waals surface area (Å²) in [6.07, 6.45) is -1.20. The zero-order valence-corrected chi connectivity index (χ0v) is 10.00. The largest absolute Gasteiger partial charge is 0.508 e. The molecule has 1 unspecified atom stereocenters. The van der Waals surface area contributed by atoms with Crippen LogP contribution in [0.4, 0.5) is 0 Å². The minimum absolute atomic E-state index is 0.0566. The number of benzene rings is 2. The van der Waals surface area contributed by atoms with Gasteiger partial charge in [0.1, 0.15) is 11.9 Å². The standard InChI is InChI=1S/C15H14O3/c1-10-12(8-5-9-13(10)16)15(18)14(17)11-6-3-2-4-7-11/h2-9,14,16-17H,1H3. The zero-order valence-electron chi connectivity index (χ0n) is 10.00. The maximum atomic E-state index is 12.2. The Bertz CT molecular complexity index is 561. The first-order chi connectivity index (χ1) is 8.61. The van der Waals surface area contributed by atoms with Gasteiger partial charge in [-0.15, -0.1) is 0 Å². The van der Waals surface area contributed by atoms with Gasteiger partial charge in [0.05, 0.1) is 0 Å². The lowest BCUT2D eigenvalue weighted by molar-refractivity contribution is 0.0746. The molecule has 18 heavy (non-hydrogen) atoms. The first kappa shape index (κ1) is 12.3. The molecule has 3 heteroatoms. The number of ketones is 1. The fraction of sp³-hybridized carbons (Fsp3) is 0.133. The van der Waals surface area contributed by atoms with Crippen molar-refractivity contribution in [1.29, 1.82) is 0 Å². The van der Waals surface area contributed by atoms with Crippen LogP contribution in [0.1, 0.15) is 27.6 Å². The predicted molar refractivity (Wildman–Crippen MR) is 68.6 cm³/mol. The number of hydrogen-bond donors (Lipinski definition) is 2. The molecular weight excluding hydrogens is 228 g/mol. The number of hydrogen-bond acceptors (Lipinski definition) is 3. The van der Waals surface area contributed by atoms with Crippen molar-refractivity contribution < 1.29 is 15.0 Å². The highest BCUT2D eigenvalue weighted by Crippen LogP contribution is 2.25. The third-order valence-corrected chi connectivity index (χ3v) is 2.93. The first-order valence-electron chi connectivity index (χ1n) is 5.67. The van der Waals surface area contributed by atoms with Crippen molar-refractivity contribution in [3.63, 3.8) is 0 Å². The normalized spacial score (nSPS) is 12.1. The van der Waals surface area contributed by atoms with Crippen molar-refractivity contribution in [1.82, 2.24) is 0 Å². The molecule has 0 fully saturated rings. The molecule has 2 N–H and O–H groups in total. The van der Waals surface area contributed by atoms with Crippen molar-refractivity contribution in [3.8, 4) is 5.75 Å². The number of aromatic hydroxyl groups is 1. The van der Waals surface area contributed by atoms with Crippen molar-refractivity contribution in [2.45, 2.75) is 13.0 Å². The van der Waals surface area contributed by atoms with Crippen molar-refractivity contribution in [2.24, 2.45) is 0 Å². The minimum Gasteiger partial charge on any atom is -0.508 e. The monoisotopic (exact) mass is 242 g/mol. The van der Waals surface area contributed by atoms with Crippen LogP contribution < -0.4 is 0 Å². The first-order valence-corrected chi connectivity index (χ1v) is 5.67. The quantitative estimate of drug-likeness (QED) is 0.813. The van der Waals surface area contributed by atoms with Crippen LogP contribution in [0.25, 0.3) is 0 Å². The molecule has 0 aromatic heterocycles. The van der Waals surface area contributed by atoms with Crippen molar-refractivity contribution in [3.05, 3.63) is 65.2 Å². The molecule has 0 amide bonds. The van der Waals surface area contributed by atoms with Crippen molar-refractivity contribution in [2.75, 3.05) is 0 Å². The summed E-state index contributed by atoms with van der Waals surface area (Å²) in [6, 6.07) is 13.4. The summed E-state index contributed by atoms with van der Waals surface area (Å²) in [7, 11) is 0. The Kier molecular flexibility index (Phi) is 3.44. The highest BCUT2D eigenvalue weighted by atomic mass is 16.3. The smallest absolute Gasteiger partial charge is 0.196 e. The second kappa shape index (κ2) is 5.02. The molecular formula is C15H14O3. The van der Waals surface area contributed by atoms with E-state index < -0.39 is 11.9 Å². The molecule has 2 rings (SSSR count). The third kappa shape index (κ3) is 2.26. The maximum absolute atomic E-state index is 12.2. The molecule has 2 aromatic rings. The van der Waals surface area contributed by atoms with Crippen LogP contribution in [-0.4, -0.2) is 16.0 Å². The van der Waals surface area contributed by atoms with E-state index in [-0.39, 0.29) is 5.75 Å². The second-order valence-electron chi connectivity index (χ2n) is 4.13. The van der Waals surface area contributed by atoms with Gasteiger partial charge in [-0.1, -0.05) is 42.5 Å². The summed E-state index contributed by atoms with van der Waals surface area (Å²) >= 11 is 0. The molecule has 0 aliphatic heterocycles. The highest BCUT2D eigenvalue weighted by Gasteiger charge is 2.21. The van der Waals surface area contributed by atoms with E-state index in [9.17, 15) is 15.0 Å². The van der Waals surface area contributed by atoms with Gasteiger partial charge < -0.3 is 10.2 Å². The summed E-state index contributed by atoms with van der Waals surface area (Å²) < 4.78 is 0. The van der Waals surface area contributed by atoms with Gasteiger partial charge in [-0.2, -0.15) is 0 Å². The lowest BCUT2D eigenvalue weighted by Crippen LogP contribution is -2.13. The Hall–Kier alpha value is -2.13. The molecule has 0 bridgehead atoms. The van der Waals surface area contributed by atoms with Gasteiger partial charge in [0, 0.05) is 11.1 Å². The average Bonchev–Trinajstić information content (AvgIpc) is 2.41. The van der Waals surface area contributed by atoms with Crippen LogP contribution in [0.2, 0.25) is 0 Å². The average molecular weight is 242 g/mol. The lowest BCUT2D eigenvalue weighted by Gasteiger charge is -2.12. The maximum Gasteiger partial charge on any atom is 0.196 e. The Morgan fingerprint density at radius 3 is 2.39 bits per heavy atom. The summed E-state index contributed by atoms with van der Waals surface area (Å²) in [5.74, 6) is -0.351. The molecule has 0 saturated heterocycles. The van der Waals surface area contributed by atoms with Crippen LogP contribution >= 0.6 is 0 Å². The zero-order chi connectivity index (χ0) is 13.1. The van der Waals surface area contributed by atoms with Gasteiger partial charge in [-0.3, -0.25) is 4.79 Å². The summed E-state index contributed by atoms with van der Waals surface area (Å²) in [5.41, 5.74) is 1.37. The van der Waals surface area contributed by atoms with Gasteiger partial charge in [0.2, 0.25) is 0 Å². The van der Waals surface area contributed by atoms with Crippen LogP contribution in [0.15, 0.2) is 48.5 Å². The third-order valence-electron chi connectivity index (χ3n) is 2.93. The number of rotatable bonds is 3. The number of phenolic OH excluding ortho intramolecular Hbond substituents is 1. The van der Waals surface area contributed by atoms with Crippen LogP contribution in [0.5, 0.6) is 5.75 Å². The SMILES string of the molecule is Cc1c(O)cccc1C(=O)C(O)c1ccccc1. The van der Waals surface area contributed by atoms with E-state index in [2.05, 4.69) is 0 Å². The number of aliphatic hydroxyl groups is 1. The number of Topliss-reactive ketones (excluding diaryl/α,β-unsaturated/α-hetero) is 1.